The van der Waals surface area contributed by atoms with Crippen LogP contribution >= 0.6 is 0 Å². The number of halogens is 1. The first-order valence-electron chi connectivity index (χ1n) is 10.7. The fourth-order valence-electron chi connectivity index (χ4n) is 4.10. The number of carbonyl (C=O) groups is 2. The summed E-state index contributed by atoms with van der Waals surface area (Å²) >= 11 is 0. The minimum atomic E-state index is -1.19. The van der Waals surface area contributed by atoms with Crippen molar-refractivity contribution in [2.45, 2.75) is 24.9 Å². The van der Waals surface area contributed by atoms with Crippen LogP contribution < -0.4 is 5.32 Å². The van der Waals surface area contributed by atoms with Gasteiger partial charge in [0.2, 0.25) is 5.91 Å². The maximum atomic E-state index is 13.4. The Kier molecular flexibility index (Phi) is 6.18. The molecule has 2 amide bonds. The molecule has 0 spiro atoms. The minimum Gasteiger partial charge on any atom is -0.361 e. The minimum absolute atomic E-state index is 0.0820. The average Bonchev–Trinajstić information content (AvgIpc) is 3.63. The molecule has 2 aromatic carbocycles. The van der Waals surface area contributed by atoms with E-state index in [0.717, 1.165) is 29.5 Å². The van der Waals surface area contributed by atoms with Crippen LogP contribution in [0.1, 0.15) is 18.4 Å². The SMILES string of the molecule is C=CCNC(=O)C1(Cc2ccccc2-c2ccc(F)cc2)CN(C(=O)C2CC2)CCO1. The van der Waals surface area contributed by atoms with Gasteiger partial charge in [0.15, 0.2) is 5.60 Å². The molecule has 1 unspecified atom stereocenters. The molecule has 162 valence electrons. The van der Waals surface area contributed by atoms with E-state index >= 15 is 0 Å². The second-order valence-corrected chi connectivity index (χ2v) is 8.22. The van der Waals surface area contributed by atoms with Crippen LogP contribution in [-0.4, -0.2) is 48.6 Å². The summed E-state index contributed by atoms with van der Waals surface area (Å²) in [6.45, 7) is 5.00. The lowest BCUT2D eigenvalue weighted by Crippen LogP contribution is -2.62. The lowest BCUT2D eigenvalue weighted by molar-refractivity contribution is -0.166. The molecule has 1 saturated heterocycles. The Morgan fingerprint density at radius 1 is 1.19 bits per heavy atom. The third-order valence-electron chi connectivity index (χ3n) is 5.89. The number of hydrogen-bond donors (Lipinski definition) is 1. The van der Waals surface area contributed by atoms with Crippen LogP contribution in [0.3, 0.4) is 0 Å². The number of benzene rings is 2. The third kappa shape index (κ3) is 4.69. The zero-order valence-corrected chi connectivity index (χ0v) is 17.5. The average molecular weight is 423 g/mol. The van der Waals surface area contributed by atoms with Crippen molar-refractivity contribution in [3.8, 4) is 11.1 Å². The highest BCUT2D eigenvalue weighted by atomic mass is 19.1. The molecule has 31 heavy (non-hydrogen) atoms. The summed E-state index contributed by atoms with van der Waals surface area (Å²) in [5.41, 5.74) is 1.48. The number of amides is 2. The maximum Gasteiger partial charge on any atom is 0.254 e. The molecule has 2 aliphatic rings. The van der Waals surface area contributed by atoms with E-state index in [0.29, 0.717) is 26.1 Å². The fraction of sp³-hybridized carbons (Fsp3) is 0.360. The molecule has 1 aliphatic heterocycles. The number of ether oxygens (including phenoxy) is 1. The van der Waals surface area contributed by atoms with E-state index < -0.39 is 5.60 Å². The van der Waals surface area contributed by atoms with Crippen LogP contribution in [-0.2, 0) is 20.7 Å². The van der Waals surface area contributed by atoms with E-state index in [1.807, 2.05) is 24.3 Å². The van der Waals surface area contributed by atoms with Gasteiger partial charge in [-0.2, -0.15) is 0 Å². The van der Waals surface area contributed by atoms with Crippen molar-refractivity contribution in [1.29, 1.82) is 0 Å². The lowest BCUT2D eigenvalue weighted by atomic mass is 9.87. The Balaban J connectivity index is 1.67. The summed E-state index contributed by atoms with van der Waals surface area (Å²) < 4.78 is 19.6. The summed E-state index contributed by atoms with van der Waals surface area (Å²) in [4.78, 5) is 27.8. The molecule has 2 fully saturated rings. The first-order valence-corrected chi connectivity index (χ1v) is 10.7. The van der Waals surface area contributed by atoms with Crippen LogP contribution in [0.25, 0.3) is 11.1 Å². The van der Waals surface area contributed by atoms with E-state index in [4.69, 9.17) is 4.74 Å². The normalized spacial score (nSPS) is 20.9. The van der Waals surface area contributed by atoms with Gasteiger partial charge >= 0.3 is 0 Å². The molecule has 4 rings (SSSR count). The Labute approximate surface area is 181 Å². The second kappa shape index (κ2) is 9.02. The summed E-state index contributed by atoms with van der Waals surface area (Å²) in [7, 11) is 0. The standard InChI is InChI=1S/C25H27FN2O3/c1-2-13-27-24(30)25(17-28(14-15-31-25)23(29)19-7-8-19)16-20-5-3-4-6-22(20)18-9-11-21(26)12-10-18/h2-6,9-12,19H,1,7-8,13-17H2,(H,27,30). The Morgan fingerprint density at radius 3 is 2.65 bits per heavy atom. The number of rotatable bonds is 7. The summed E-state index contributed by atoms with van der Waals surface area (Å²) in [6.07, 6.45) is 3.75. The molecule has 1 N–H and O–H groups in total. The quantitative estimate of drug-likeness (QED) is 0.697. The van der Waals surface area contributed by atoms with Crippen molar-refractivity contribution in [2.24, 2.45) is 5.92 Å². The van der Waals surface area contributed by atoms with Crippen LogP contribution in [0.2, 0.25) is 0 Å². The van der Waals surface area contributed by atoms with Crippen LogP contribution in [0.5, 0.6) is 0 Å². The first kappa shape index (κ1) is 21.2. The molecular weight excluding hydrogens is 395 g/mol. The molecule has 1 heterocycles. The highest BCUT2D eigenvalue weighted by Crippen LogP contribution is 2.34. The molecule has 2 aromatic rings. The van der Waals surface area contributed by atoms with E-state index in [9.17, 15) is 14.0 Å². The molecule has 0 aromatic heterocycles. The largest absolute Gasteiger partial charge is 0.361 e. The van der Waals surface area contributed by atoms with Crippen molar-refractivity contribution < 1.29 is 18.7 Å². The van der Waals surface area contributed by atoms with E-state index in [1.54, 1.807) is 23.1 Å². The Morgan fingerprint density at radius 2 is 1.94 bits per heavy atom. The molecule has 1 aliphatic carbocycles. The van der Waals surface area contributed by atoms with E-state index in [1.165, 1.54) is 12.1 Å². The zero-order valence-electron chi connectivity index (χ0n) is 17.5. The van der Waals surface area contributed by atoms with Gasteiger partial charge < -0.3 is 15.0 Å². The number of nitrogens with zero attached hydrogens (tertiary/aromatic N) is 1. The Hall–Kier alpha value is -2.99. The summed E-state index contributed by atoms with van der Waals surface area (Å²) in [5, 5.41) is 2.86. The number of morpholine rings is 1. The molecule has 0 radical (unpaired) electrons. The van der Waals surface area contributed by atoms with Crippen LogP contribution in [0.4, 0.5) is 4.39 Å². The first-order chi connectivity index (χ1) is 15.0. The summed E-state index contributed by atoms with van der Waals surface area (Å²) in [6, 6.07) is 14.0. The van der Waals surface area contributed by atoms with Crippen molar-refractivity contribution in [3.05, 3.63) is 72.6 Å². The fourth-order valence-corrected chi connectivity index (χ4v) is 4.10. The predicted octanol–water partition coefficient (Wildman–Crippen LogP) is 3.35. The highest BCUT2D eigenvalue weighted by Gasteiger charge is 2.47. The van der Waals surface area contributed by atoms with E-state index in [-0.39, 0.29) is 30.1 Å². The molecule has 0 bridgehead atoms. The van der Waals surface area contributed by atoms with Gasteiger partial charge in [-0.05, 0) is 41.7 Å². The molecule has 1 atom stereocenters. The monoisotopic (exact) mass is 422 g/mol. The number of nitrogens with one attached hydrogen (secondary N) is 1. The van der Waals surface area contributed by atoms with Crippen molar-refractivity contribution in [3.63, 3.8) is 0 Å². The van der Waals surface area contributed by atoms with Gasteiger partial charge in [-0.25, -0.2) is 4.39 Å². The summed E-state index contributed by atoms with van der Waals surface area (Å²) in [5.74, 6) is -0.365. The smallest absolute Gasteiger partial charge is 0.254 e. The Bertz CT molecular complexity index is 971. The predicted molar refractivity (Wildman–Crippen MR) is 117 cm³/mol. The maximum absolute atomic E-state index is 13.4. The van der Waals surface area contributed by atoms with Crippen LogP contribution in [0.15, 0.2) is 61.2 Å². The number of hydrogen-bond acceptors (Lipinski definition) is 3. The topological polar surface area (TPSA) is 58.6 Å². The molecular formula is C25H27FN2O3. The molecule has 6 heteroatoms. The van der Waals surface area contributed by atoms with Gasteiger partial charge in [0.1, 0.15) is 5.82 Å². The number of carbonyl (C=O) groups excluding carboxylic acids is 2. The van der Waals surface area contributed by atoms with Gasteiger partial charge in [0.25, 0.3) is 5.91 Å². The third-order valence-corrected chi connectivity index (χ3v) is 5.89. The van der Waals surface area contributed by atoms with Gasteiger partial charge in [-0.3, -0.25) is 9.59 Å². The van der Waals surface area contributed by atoms with Gasteiger partial charge in [-0.15, -0.1) is 6.58 Å². The zero-order chi connectivity index (χ0) is 21.8. The van der Waals surface area contributed by atoms with Gasteiger partial charge in [-0.1, -0.05) is 42.5 Å². The van der Waals surface area contributed by atoms with Crippen molar-refractivity contribution in [1.82, 2.24) is 10.2 Å². The van der Waals surface area contributed by atoms with Crippen LogP contribution in [0, 0.1) is 11.7 Å². The second-order valence-electron chi connectivity index (χ2n) is 8.22. The highest BCUT2D eigenvalue weighted by molar-refractivity contribution is 5.88. The van der Waals surface area contributed by atoms with Crippen molar-refractivity contribution in [2.75, 3.05) is 26.2 Å². The van der Waals surface area contributed by atoms with E-state index in [2.05, 4.69) is 11.9 Å². The molecule has 1 saturated carbocycles. The van der Waals surface area contributed by atoms with Gasteiger partial charge in [0.05, 0.1) is 13.2 Å². The van der Waals surface area contributed by atoms with Gasteiger partial charge in [0, 0.05) is 25.4 Å². The van der Waals surface area contributed by atoms with Crippen molar-refractivity contribution >= 4 is 11.8 Å². The molecule has 5 nitrogen and oxygen atoms in total. The lowest BCUT2D eigenvalue weighted by Gasteiger charge is -2.42.